The zero-order valence-corrected chi connectivity index (χ0v) is 15.1. The molecule has 1 aliphatic heterocycles. The van der Waals surface area contributed by atoms with E-state index in [0.29, 0.717) is 6.54 Å². The van der Waals surface area contributed by atoms with Crippen molar-refractivity contribution in [2.75, 3.05) is 24.6 Å². The molecule has 1 N–H and O–H groups in total. The summed E-state index contributed by atoms with van der Waals surface area (Å²) in [5.74, 6) is -0.314. The van der Waals surface area contributed by atoms with Crippen LogP contribution in [0.4, 0.5) is 5.69 Å². The summed E-state index contributed by atoms with van der Waals surface area (Å²) in [4.78, 5) is 25.6. The molecule has 1 aromatic rings. The molecule has 24 heavy (non-hydrogen) atoms. The molecule has 1 saturated heterocycles. The molecule has 0 spiro atoms. The number of carbonyl (C=O) groups excluding carboxylic acids is 2. The van der Waals surface area contributed by atoms with Crippen molar-refractivity contribution in [3.63, 3.8) is 0 Å². The Balaban J connectivity index is 1.98. The summed E-state index contributed by atoms with van der Waals surface area (Å²) in [6.45, 7) is 9.20. The molecule has 2 rings (SSSR count). The molecule has 0 radical (unpaired) electrons. The highest BCUT2D eigenvalue weighted by Gasteiger charge is 2.20. The highest BCUT2D eigenvalue weighted by atomic mass is 16.5. The normalized spacial score (nSPS) is 17.6. The lowest BCUT2D eigenvalue weighted by molar-refractivity contribution is -0.123. The van der Waals surface area contributed by atoms with Gasteiger partial charge in [-0.25, -0.2) is 0 Å². The van der Waals surface area contributed by atoms with Gasteiger partial charge in [0.15, 0.2) is 0 Å². The molecule has 1 aliphatic rings. The van der Waals surface area contributed by atoms with E-state index in [1.165, 1.54) is 17.4 Å². The van der Waals surface area contributed by atoms with Crippen molar-refractivity contribution in [2.24, 2.45) is 0 Å². The van der Waals surface area contributed by atoms with Gasteiger partial charge in [-0.3, -0.25) is 9.59 Å². The van der Waals surface area contributed by atoms with Crippen molar-refractivity contribution < 1.29 is 14.3 Å². The molecular weight excluding hydrogens is 304 g/mol. The molecule has 2 amide bonds. The van der Waals surface area contributed by atoms with Gasteiger partial charge in [0.25, 0.3) is 0 Å². The number of benzene rings is 1. The maximum absolute atomic E-state index is 12.2. The number of nitrogens with zero attached hydrogens (tertiary/aromatic N) is 1. The number of anilines is 1. The fourth-order valence-corrected chi connectivity index (χ4v) is 2.76. The monoisotopic (exact) mass is 332 g/mol. The zero-order chi connectivity index (χ0) is 17.7. The van der Waals surface area contributed by atoms with Gasteiger partial charge in [-0.05, 0) is 36.0 Å². The molecule has 5 nitrogen and oxygen atoms in total. The predicted molar refractivity (Wildman–Crippen MR) is 95.2 cm³/mol. The van der Waals surface area contributed by atoms with Gasteiger partial charge in [0.05, 0.1) is 6.10 Å². The molecule has 0 saturated carbocycles. The van der Waals surface area contributed by atoms with E-state index in [1.54, 1.807) is 0 Å². The van der Waals surface area contributed by atoms with Crippen molar-refractivity contribution >= 4 is 17.5 Å². The van der Waals surface area contributed by atoms with Crippen molar-refractivity contribution in [3.05, 3.63) is 29.8 Å². The third-order valence-electron chi connectivity index (χ3n) is 4.28. The lowest BCUT2D eigenvalue weighted by Gasteiger charge is -2.23. The lowest BCUT2D eigenvalue weighted by atomic mass is 9.87. The predicted octanol–water partition coefficient (Wildman–Crippen LogP) is 2.63. The minimum absolute atomic E-state index is 0.0247. The number of nitrogens with one attached hydrogen (secondary N) is 1. The first-order valence-electron chi connectivity index (χ1n) is 8.54. The average Bonchev–Trinajstić information content (AvgIpc) is 3.03. The first-order valence-corrected chi connectivity index (χ1v) is 8.54. The van der Waals surface area contributed by atoms with E-state index >= 15 is 0 Å². The van der Waals surface area contributed by atoms with Crippen molar-refractivity contribution in [1.29, 1.82) is 0 Å². The zero-order valence-electron chi connectivity index (χ0n) is 15.1. The molecule has 1 unspecified atom stereocenters. The van der Waals surface area contributed by atoms with E-state index in [9.17, 15) is 9.59 Å². The Morgan fingerprint density at radius 2 is 1.92 bits per heavy atom. The second-order valence-electron chi connectivity index (χ2n) is 7.34. The van der Waals surface area contributed by atoms with Gasteiger partial charge < -0.3 is 15.0 Å². The molecule has 1 aromatic carbocycles. The topological polar surface area (TPSA) is 58.6 Å². The summed E-state index contributed by atoms with van der Waals surface area (Å²) < 4.78 is 5.49. The molecule has 1 atom stereocenters. The van der Waals surface area contributed by atoms with E-state index in [0.717, 1.165) is 25.1 Å². The Morgan fingerprint density at radius 1 is 1.25 bits per heavy atom. The van der Waals surface area contributed by atoms with Crippen LogP contribution in [0.1, 0.15) is 46.1 Å². The van der Waals surface area contributed by atoms with Gasteiger partial charge in [-0.15, -0.1) is 0 Å². The summed E-state index contributed by atoms with van der Waals surface area (Å²) >= 11 is 0. The molecular formula is C19H28N2O3. The average molecular weight is 332 g/mol. The van der Waals surface area contributed by atoms with Gasteiger partial charge >= 0.3 is 0 Å². The summed E-state index contributed by atoms with van der Waals surface area (Å²) in [5.41, 5.74) is 1.98. The molecule has 1 heterocycles. The second-order valence-corrected chi connectivity index (χ2v) is 7.34. The van der Waals surface area contributed by atoms with Crippen LogP contribution in [0.15, 0.2) is 24.3 Å². The SMILES string of the molecule is CC(=O)N(CC(=O)NCC1CCCO1)c1ccc(C(C)(C)C)cc1. The Kier molecular flexibility index (Phi) is 5.99. The third-order valence-corrected chi connectivity index (χ3v) is 4.28. The Labute approximate surface area is 144 Å². The van der Waals surface area contributed by atoms with Crippen LogP contribution < -0.4 is 10.2 Å². The summed E-state index contributed by atoms with van der Waals surface area (Å²) in [6, 6.07) is 7.82. The van der Waals surface area contributed by atoms with E-state index in [-0.39, 0.29) is 29.9 Å². The Morgan fingerprint density at radius 3 is 2.42 bits per heavy atom. The minimum Gasteiger partial charge on any atom is -0.376 e. The summed E-state index contributed by atoms with van der Waals surface area (Å²) in [7, 11) is 0. The fourth-order valence-electron chi connectivity index (χ4n) is 2.76. The number of amides is 2. The highest BCUT2D eigenvalue weighted by Crippen LogP contribution is 2.25. The molecule has 5 heteroatoms. The summed E-state index contributed by atoms with van der Waals surface area (Å²) in [5, 5.41) is 2.86. The lowest BCUT2D eigenvalue weighted by Crippen LogP contribution is -2.42. The third kappa shape index (κ3) is 5.06. The van der Waals surface area contributed by atoms with Gasteiger partial charge in [0, 0.05) is 25.8 Å². The van der Waals surface area contributed by atoms with E-state index in [1.807, 2.05) is 24.3 Å². The standard InChI is InChI=1S/C19H28N2O3/c1-14(22)21(13-18(23)20-12-17-6-5-11-24-17)16-9-7-15(8-10-16)19(2,3)4/h7-10,17H,5-6,11-13H2,1-4H3,(H,20,23). The molecule has 0 aliphatic carbocycles. The van der Waals surface area contributed by atoms with E-state index < -0.39 is 0 Å². The quantitative estimate of drug-likeness (QED) is 0.902. The highest BCUT2D eigenvalue weighted by molar-refractivity contribution is 5.97. The van der Waals surface area contributed by atoms with Gasteiger partial charge in [0.2, 0.25) is 11.8 Å². The largest absolute Gasteiger partial charge is 0.376 e. The maximum atomic E-state index is 12.2. The first kappa shape index (κ1) is 18.5. The van der Waals surface area contributed by atoms with Crippen molar-refractivity contribution in [1.82, 2.24) is 5.32 Å². The van der Waals surface area contributed by atoms with Crippen molar-refractivity contribution in [2.45, 2.75) is 52.1 Å². The number of carbonyl (C=O) groups is 2. The van der Waals surface area contributed by atoms with E-state index in [2.05, 4.69) is 26.1 Å². The van der Waals surface area contributed by atoms with Gasteiger partial charge in [0.1, 0.15) is 6.54 Å². The summed E-state index contributed by atoms with van der Waals surface area (Å²) in [6.07, 6.45) is 2.12. The molecule has 0 aromatic heterocycles. The van der Waals surface area contributed by atoms with Crippen LogP contribution in [-0.2, 0) is 19.7 Å². The smallest absolute Gasteiger partial charge is 0.240 e. The van der Waals surface area contributed by atoms with Gasteiger partial charge in [-0.1, -0.05) is 32.9 Å². The Bertz CT molecular complexity index is 569. The van der Waals surface area contributed by atoms with Gasteiger partial charge in [-0.2, -0.15) is 0 Å². The number of hydrogen-bond donors (Lipinski definition) is 1. The van der Waals surface area contributed by atoms with Crippen LogP contribution >= 0.6 is 0 Å². The molecule has 0 bridgehead atoms. The maximum Gasteiger partial charge on any atom is 0.240 e. The fraction of sp³-hybridized carbons (Fsp3) is 0.579. The first-order chi connectivity index (χ1) is 11.3. The molecule has 132 valence electrons. The van der Waals surface area contributed by atoms with Crippen LogP contribution in [0.25, 0.3) is 0 Å². The second kappa shape index (κ2) is 7.79. The van der Waals surface area contributed by atoms with Crippen LogP contribution in [0, 0.1) is 0 Å². The van der Waals surface area contributed by atoms with Crippen molar-refractivity contribution in [3.8, 4) is 0 Å². The number of ether oxygens (including phenoxy) is 1. The van der Waals surface area contributed by atoms with E-state index in [4.69, 9.17) is 4.74 Å². The Hall–Kier alpha value is -1.88. The molecule has 1 fully saturated rings. The minimum atomic E-state index is -0.166. The van der Waals surface area contributed by atoms with Crippen LogP contribution in [0.5, 0.6) is 0 Å². The number of rotatable bonds is 5. The number of hydrogen-bond acceptors (Lipinski definition) is 3. The van der Waals surface area contributed by atoms with Crippen LogP contribution in [-0.4, -0.2) is 37.6 Å². The van der Waals surface area contributed by atoms with Crippen LogP contribution in [0.3, 0.4) is 0 Å². The van der Waals surface area contributed by atoms with Crippen LogP contribution in [0.2, 0.25) is 0 Å².